The standard InChI is InChI=1S/C14H21FN2O3S/c1-3-11(12-4-6-13(15)7-5-12)10-14(18)17-8-9-21(19,20)16-2/h4-7,11,16H,3,8-10H2,1-2H3,(H,17,18). The smallest absolute Gasteiger partial charge is 0.220 e. The van der Waals surface area contributed by atoms with E-state index in [1.807, 2.05) is 6.92 Å². The van der Waals surface area contributed by atoms with Crippen molar-refractivity contribution >= 4 is 15.9 Å². The van der Waals surface area contributed by atoms with Gasteiger partial charge in [0.05, 0.1) is 5.75 Å². The minimum atomic E-state index is -3.31. The topological polar surface area (TPSA) is 75.3 Å². The zero-order chi connectivity index (χ0) is 15.9. The molecular formula is C14H21FN2O3S. The van der Waals surface area contributed by atoms with Crippen LogP contribution in [0.15, 0.2) is 24.3 Å². The second kappa shape index (κ2) is 8.09. The lowest BCUT2D eigenvalue weighted by atomic mass is 9.93. The minimum absolute atomic E-state index is 0.00786. The van der Waals surface area contributed by atoms with Crippen molar-refractivity contribution < 1.29 is 17.6 Å². The SMILES string of the molecule is CCC(CC(=O)NCCS(=O)(=O)NC)c1ccc(F)cc1. The molecule has 0 radical (unpaired) electrons. The first-order chi connectivity index (χ1) is 9.88. The molecule has 1 unspecified atom stereocenters. The van der Waals surface area contributed by atoms with Gasteiger partial charge in [0.15, 0.2) is 0 Å². The first kappa shape index (κ1) is 17.6. The first-order valence-corrected chi connectivity index (χ1v) is 8.46. The van der Waals surface area contributed by atoms with Gasteiger partial charge in [0.2, 0.25) is 15.9 Å². The van der Waals surface area contributed by atoms with Crippen LogP contribution in [0.5, 0.6) is 0 Å². The predicted octanol–water partition coefficient (Wildman–Crippen LogP) is 1.37. The van der Waals surface area contributed by atoms with Crippen LogP contribution in [-0.4, -0.2) is 33.7 Å². The number of benzene rings is 1. The van der Waals surface area contributed by atoms with Crippen LogP contribution in [0.2, 0.25) is 0 Å². The van der Waals surface area contributed by atoms with E-state index in [1.54, 1.807) is 12.1 Å². The monoisotopic (exact) mass is 316 g/mol. The quantitative estimate of drug-likeness (QED) is 0.761. The molecule has 0 heterocycles. The Hall–Kier alpha value is -1.47. The van der Waals surface area contributed by atoms with Gasteiger partial charge in [0, 0.05) is 13.0 Å². The van der Waals surface area contributed by atoms with E-state index in [0.717, 1.165) is 12.0 Å². The van der Waals surface area contributed by atoms with Gasteiger partial charge in [-0.2, -0.15) is 0 Å². The lowest BCUT2D eigenvalue weighted by Crippen LogP contribution is -2.33. The van der Waals surface area contributed by atoms with Crippen LogP contribution in [-0.2, 0) is 14.8 Å². The summed E-state index contributed by atoms with van der Waals surface area (Å²) in [6.07, 6.45) is 0.996. The third kappa shape index (κ3) is 6.22. The molecule has 0 saturated carbocycles. The summed E-state index contributed by atoms with van der Waals surface area (Å²) in [6, 6.07) is 6.08. The molecule has 1 atom stereocenters. The van der Waals surface area contributed by atoms with E-state index in [2.05, 4.69) is 10.0 Å². The van der Waals surface area contributed by atoms with Gasteiger partial charge >= 0.3 is 0 Å². The molecule has 1 rings (SSSR count). The van der Waals surface area contributed by atoms with Gasteiger partial charge in [-0.3, -0.25) is 4.79 Å². The van der Waals surface area contributed by atoms with Crippen LogP contribution in [0.25, 0.3) is 0 Å². The maximum atomic E-state index is 12.9. The van der Waals surface area contributed by atoms with Crippen LogP contribution in [0.4, 0.5) is 4.39 Å². The molecule has 0 aliphatic rings. The van der Waals surface area contributed by atoms with Crippen molar-refractivity contribution in [2.45, 2.75) is 25.7 Å². The molecular weight excluding hydrogens is 295 g/mol. The van der Waals surface area contributed by atoms with E-state index < -0.39 is 10.0 Å². The Morgan fingerprint density at radius 2 is 1.90 bits per heavy atom. The lowest BCUT2D eigenvalue weighted by Gasteiger charge is -2.15. The Balaban J connectivity index is 2.50. The molecule has 118 valence electrons. The number of halogens is 1. The van der Waals surface area contributed by atoms with Crippen molar-refractivity contribution in [3.63, 3.8) is 0 Å². The highest BCUT2D eigenvalue weighted by atomic mass is 32.2. The number of hydrogen-bond acceptors (Lipinski definition) is 3. The molecule has 2 N–H and O–H groups in total. The summed E-state index contributed by atoms with van der Waals surface area (Å²) >= 11 is 0. The highest BCUT2D eigenvalue weighted by Crippen LogP contribution is 2.23. The van der Waals surface area contributed by atoms with E-state index in [-0.39, 0.29) is 36.4 Å². The highest BCUT2D eigenvalue weighted by molar-refractivity contribution is 7.89. The summed E-state index contributed by atoms with van der Waals surface area (Å²) in [6.45, 7) is 2.02. The van der Waals surface area contributed by atoms with Crippen molar-refractivity contribution in [2.75, 3.05) is 19.3 Å². The zero-order valence-corrected chi connectivity index (χ0v) is 13.0. The van der Waals surface area contributed by atoms with Crippen molar-refractivity contribution in [3.05, 3.63) is 35.6 Å². The summed E-state index contributed by atoms with van der Waals surface area (Å²) in [5.41, 5.74) is 0.900. The van der Waals surface area contributed by atoms with E-state index >= 15 is 0 Å². The van der Waals surface area contributed by atoms with Crippen molar-refractivity contribution in [3.8, 4) is 0 Å². The maximum Gasteiger partial charge on any atom is 0.220 e. The van der Waals surface area contributed by atoms with Gasteiger partial charge in [-0.1, -0.05) is 19.1 Å². The molecule has 21 heavy (non-hydrogen) atoms. The van der Waals surface area contributed by atoms with Gasteiger partial charge < -0.3 is 5.32 Å². The average molecular weight is 316 g/mol. The lowest BCUT2D eigenvalue weighted by molar-refractivity contribution is -0.121. The Morgan fingerprint density at radius 1 is 1.29 bits per heavy atom. The van der Waals surface area contributed by atoms with Gasteiger partial charge in [-0.25, -0.2) is 17.5 Å². The summed E-state index contributed by atoms with van der Waals surface area (Å²) in [5.74, 6) is -0.679. The molecule has 7 heteroatoms. The second-order valence-corrected chi connectivity index (χ2v) is 6.78. The van der Waals surface area contributed by atoms with E-state index in [4.69, 9.17) is 0 Å². The molecule has 0 saturated heterocycles. The predicted molar refractivity (Wildman–Crippen MR) is 79.9 cm³/mol. The largest absolute Gasteiger partial charge is 0.355 e. The number of hydrogen-bond donors (Lipinski definition) is 2. The molecule has 0 aromatic heterocycles. The van der Waals surface area contributed by atoms with Crippen LogP contribution < -0.4 is 10.0 Å². The van der Waals surface area contributed by atoms with E-state index in [0.29, 0.717) is 0 Å². The molecule has 1 amide bonds. The number of carbonyl (C=O) groups excluding carboxylic acids is 1. The van der Waals surface area contributed by atoms with Crippen LogP contribution >= 0.6 is 0 Å². The normalized spacial score (nSPS) is 12.9. The zero-order valence-electron chi connectivity index (χ0n) is 12.2. The number of rotatable bonds is 8. The summed E-state index contributed by atoms with van der Waals surface area (Å²) < 4.78 is 37.5. The Bertz CT molecular complexity index is 558. The summed E-state index contributed by atoms with van der Waals surface area (Å²) in [5, 5.41) is 2.59. The van der Waals surface area contributed by atoms with Gasteiger partial charge in [-0.05, 0) is 37.1 Å². The molecule has 0 bridgehead atoms. The summed E-state index contributed by atoms with van der Waals surface area (Å²) in [7, 11) is -1.98. The molecule has 0 aliphatic carbocycles. The van der Waals surface area contributed by atoms with E-state index in [1.165, 1.54) is 19.2 Å². The fourth-order valence-corrected chi connectivity index (χ4v) is 2.53. The van der Waals surface area contributed by atoms with E-state index in [9.17, 15) is 17.6 Å². The molecule has 0 spiro atoms. The van der Waals surface area contributed by atoms with Crippen molar-refractivity contribution in [2.24, 2.45) is 0 Å². The van der Waals surface area contributed by atoms with Gasteiger partial charge in [0.25, 0.3) is 0 Å². The third-order valence-electron chi connectivity index (χ3n) is 3.27. The third-order valence-corrected chi connectivity index (χ3v) is 4.63. The molecule has 0 aliphatic heterocycles. The van der Waals surface area contributed by atoms with Crippen LogP contribution in [0, 0.1) is 5.82 Å². The Labute approximate surface area is 125 Å². The first-order valence-electron chi connectivity index (χ1n) is 6.81. The number of amides is 1. The van der Waals surface area contributed by atoms with Crippen molar-refractivity contribution in [1.82, 2.24) is 10.0 Å². The Kier molecular flexibility index (Phi) is 6.77. The van der Waals surface area contributed by atoms with Crippen LogP contribution in [0.1, 0.15) is 31.2 Å². The second-order valence-electron chi connectivity index (χ2n) is 4.73. The minimum Gasteiger partial charge on any atom is -0.355 e. The van der Waals surface area contributed by atoms with Crippen molar-refractivity contribution in [1.29, 1.82) is 0 Å². The molecule has 1 aromatic rings. The average Bonchev–Trinajstić information content (AvgIpc) is 2.45. The fraction of sp³-hybridized carbons (Fsp3) is 0.500. The fourth-order valence-electron chi connectivity index (χ4n) is 1.96. The number of carbonyl (C=O) groups is 1. The Morgan fingerprint density at radius 3 is 2.43 bits per heavy atom. The number of nitrogens with one attached hydrogen (secondary N) is 2. The molecule has 1 aromatic carbocycles. The summed E-state index contributed by atoms with van der Waals surface area (Å²) in [4.78, 5) is 11.8. The molecule has 0 fully saturated rings. The highest BCUT2D eigenvalue weighted by Gasteiger charge is 2.15. The number of sulfonamides is 1. The van der Waals surface area contributed by atoms with Gasteiger partial charge in [0.1, 0.15) is 5.82 Å². The van der Waals surface area contributed by atoms with Crippen LogP contribution in [0.3, 0.4) is 0 Å². The molecule has 5 nitrogen and oxygen atoms in total. The van der Waals surface area contributed by atoms with Gasteiger partial charge in [-0.15, -0.1) is 0 Å². The maximum absolute atomic E-state index is 12.9.